The lowest BCUT2D eigenvalue weighted by molar-refractivity contribution is -0.135. The predicted molar refractivity (Wildman–Crippen MR) is 144 cm³/mol. The Labute approximate surface area is 229 Å². The molecule has 212 valence electrons. The van der Waals surface area contributed by atoms with Gasteiger partial charge < -0.3 is 24.6 Å². The molecule has 2 aromatic rings. The monoisotopic (exact) mass is 540 g/mol. The molecular weight excluding hydrogens is 500 g/mol. The molecule has 3 heterocycles. The van der Waals surface area contributed by atoms with Crippen molar-refractivity contribution in [3.8, 4) is 11.5 Å². The van der Waals surface area contributed by atoms with Crippen LogP contribution in [0, 0.1) is 11.8 Å². The summed E-state index contributed by atoms with van der Waals surface area (Å²) in [6.07, 6.45) is 5.69. The largest absolute Gasteiger partial charge is 0.493 e. The minimum atomic E-state index is -0.243. The van der Waals surface area contributed by atoms with Crippen LogP contribution in [0.4, 0.5) is 0 Å². The summed E-state index contributed by atoms with van der Waals surface area (Å²) in [4.78, 5) is 43.1. The number of ether oxygens (including phenoxy) is 2. The van der Waals surface area contributed by atoms with Crippen molar-refractivity contribution in [1.29, 1.82) is 0 Å². The highest BCUT2D eigenvalue weighted by Gasteiger charge is 2.40. The lowest BCUT2D eigenvalue weighted by atomic mass is 9.96. The molecular formula is C28H40N6O5. The van der Waals surface area contributed by atoms with Crippen LogP contribution in [-0.4, -0.2) is 82.9 Å². The van der Waals surface area contributed by atoms with Gasteiger partial charge in [0.15, 0.2) is 11.5 Å². The molecule has 1 aromatic heterocycles. The second-order valence-corrected chi connectivity index (χ2v) is 10.4. The number of hydrogen-bond donors (Lipinski definition) is 1. The Morgan fingerprint density at radius 3 is 2.69 bits per heavy atom. The van der Waals surface area contributed by atoms with E-state index in [1.54, 1.807) is 41.0 Å². The van der Waals surface area contributed by atoms with Crippen molar-refractivity contribution in [2.75, 3.05) is 40.3 Å². The minimum absolute atomic E-state index is 0.00216. The van der Waals surface area contributed by atoms with Gasteiger partial charge in [0, 0.05) is 51.5 Å². The van der Waals surface area contributed by atoms with E-state index in [0.717, 1.165) is 25.7 Å². The van der Waals surface area contributed by atoms with Crippen LogP contribution in [-0.2, 0) is 16.2 Å². The Morgan fingerprint density at radius 1 is 1.21 bits per heavy atom. The van der Waals surface area contributed by atoms with Gasteiger partial charge in [0.25, 0.3) is 5.91 Å². The van der Waals surface area contributed by atoms with E-state index >= 15 is 0 Å². The maximum absolute atomic E-state index is 13.5. The van der Waals surface area contributed by atoms with E-state index in [0.29, 0.717) is 48.9 Å². The molecule has 1 fully saturated rings. The van der Waals surface area contributed by atoms with Gasteiger partial charge in [-0.3, -0.25) is 14.4 Å². The van der Waals surface area contributed by atoms with Crippen molar-refractivity contribution in [3.05, 3.63) is 35.7 Å². The first-order chi connectivity index (χ1) is 18.9. The maximum atomic E-state index is 13.5. The fourth-order valence-electron chi connectivity index (χ4n) is 5.54. The number of likely N-dealkylation sites (N-methyl/N-ethyl adjacent to an activating group) is 1. The zero-order chi connectivity index (χ0) is 27.9. The van der Waals surface area contributed by atoms with E-state index < -0.39 is 0 Å². The van der Waals surface area contributed by atoms with Gasteiger partial charge in [0.2, 0.25) is 11.8 Å². The molecule has 0 unspecified atom stereocenters. The fraction of sp³-hybridized carbons (Fsp3) is 0.607. The highest BCUT2D eigenvalue weighted by Crippen LogP contribution is 2.34. The normalized spacial score (nSPS) is 20.3. The first kappa shape index (κ1) is 28.4. The van der Waals surface area contributed by atoms with Crippen LogP contribution in [0.3, 0.4) is 0 Å². The molecule has 4 rings (SSSR count). The van der Waals surface area contributed by atoms with E-state index in [-0.39, 0.29) is 48.6 Å². The number of benzene rings is 1. The molecule has 2 aliphatic rings. The number of carbonyl (C=O) groups excluding carboxylic acids is 3. The molecule has 39 heavy (non-hydrogen) atoms. The van der Waals surface area contributed by atoms with Gasteiger partial charge in [-0.25, -0.2) is 4.68 Å². The number of hydrogen-bond acceptors (Lipinski definition) is 7. The molecule has 2 aliphatic heterocycles. The van der Waals surface area contributed by atoms with Crippen molar-refractivity contribution in [1.82, 2.24) is 30.1 Å². The van der Waals surface area contributed by atoms with Gasteiger partial charge in [-0.2, -0.15) is 0 Å². The minimum Gasteiger partial charge on any atom is -0.493 e. The second kappa shape index (κ2) is 12.9. The summed E-state index contributed by atoms with van der Waals surface area (Å²) in [6.45, 7) is 5.91. The predicted octanol–water partition coefficient (Wildman–Crippen LogP) is 2.67. The van der Waals surface area contributed by atoms with Gasteiger partial charge in [-0.1, -0.05) is 38.0 Å². The number of nitrogens with zero attached hydrogens (tertiary/aromatic N) is 5. The van der Waals surface area contributed by atoms with Crippen molar-refractivity contribution >= 4 is 17.7 Å². The van der Waals surface area contributed by atoms with Crippen molar-refractivity contribution < 1.29 is 23.9 Å². The summed E-state index contributed by atoms with van der Waals surface area (Å²) in [5.74, 6) is 0.457. The highest BCUT2D eigenvalue weighted by molar-refractivity contribution is 5.97. The zero-order valence-electron chi connectivity index (χ0n) is 23.4. The molecule has 0 aliphatic carbocycles. The van der Waals surface area contributed by atoms with Gasteiger partial charge in [0.1, 0.15) is 12.3 Å². The number of para-hydroxylation sites is 1. The third-order valence-corrected chi connectivity index (χ3v) is 7.60. The number of amides is 3. The summed E-state index contributed by atoms with van der Waals surface area (Å²) in [6, 6.07) is 4.99. The van der Waals surface area contributed by atoms with Crippen LogP contribution < -0.4 is 14.8 Å². The second-order valence-electron chi connectivity index (χ2n) is 10.4. The molecule has 0 spiro atoms. The van der Waals surface area contributed by atoms with Crippen molar-refractivity contribution in [3.63, 3.8) is 0 Å². The maximum Gasteiger partial charge on any atom is 0.257 e. The SMILES string of the molecule is CCCC(CCC)C(=O)N1C[C@H]2CC(=O)NCCN(C)C(=O)c3cccc(OC)c3OCc3cn(nn3)[C@H]2C1. The molecule has 3 amide bonds. The number of rotatable bonds is 6. The quantitative estimate of drug-likeness (QED) is 0.598. The number of carbonyl (C=O) groups is 3. The smallest absolute Gasteiger partial charge is 0.257 e. The molecule has 2 bridgehead atoms. The topological polar surface area (TPSA) is 119 Å². The van der Waals surface area contributed by atoms with E-state index in [4.69, 9.17) is 9.47 Å². The number of aromatic nitrogens is 3. The third kappa shape index (κ3) is 6.51. The molecule has 1 saturated heterocycles. The van der Waals surface area contributed by atoms with Crippen molar-refractivity contribution in [2.24, 2.45) is 11.8 Å². The van der Waals surface area contributed by atoms with Gasteiger partial charge in [-0.05, 0) is 25.0 Å². The number of fused-ring (bicyclic) bond motifs is 5. The zero-order valence-corrected chi connectivity index (χ0v) is 23.4. The Hall–Kier alpha value is -3.63. The molecule has 0 saturated carbocycles. The standard InChI is InChI=1S/C28H40N6O5/c1-5-8-19(9-6-2)27(36)33-15-20-14-25(35)29-12-13-32(3)28(37)22-10-7-11-24(38-4)26(22)39-18-21-16-34(31-30-21)23(20)17-33/h7,10-11,16,19-20,23H,5-6,8-9,12-15,17-18H2,1-4H3,(H,29,35)/t20-,23+/m1/s1. The van der Waals surface area contributed by atoms with E-state index in [9.17, 15) is 14.4 Å². The van der Waals surface area contributed by atoms with Gasteiger partial charge in [-0.15, -0.1) is 5.10 Å². The number of nitrogens with one attached hydrogen (secondary N) is 1. The summed E-state index contributed by atoms with van der Waals surface area (Å²) in [7, 11) is 3.21. The lowest BCUT2D eigenvalue weighted by Crippen LogP contribution is -2.37. The van der Waals surface area contributed by atoms with Crippen LogP contribution in [0.5, 0.6) is 11.5 Å². The van der Waals surface area contributed by atoms with E-state index in [1.165, 1.54) is 7.11 Å². The number of methoxy groups -OCH3 is 1. The van der Waals surface area contributed by atoms with Crippen LogP contribution in [0.2, 0.25) is 0 Å². The summed E-state index contributed by atoms with van der Waals surface area (Å²) in [5, 5.41) is 11.6. The first-order valence-electron chi connectivity index (χ1n) is 13.9. The number of likely N-dealkylation sites (tertiary alicyclic amines) is 1. The molecule has 1 N–H and O–H groups in total. The summed E-state index contributed by atoms with van der Waals surface area (Å²) in [5.41, 5.74) is 0.934. The highest BCUT2D eigenvalue weighted by atomic mass is 16.5. The molecule has 11 heteroatoms. The van der Waals surface area contributed by atoms with E-state index in [2.05, 4.69) is 29.5 Å². The van der Waals surface area contributed by atoms with Gasteiger partial charge in [0.05, 0.1) is 24.9 Å². The molecule has 1 aromatic carbocycles. The van der Waals surface area contributed by atoms with E-state index in [1.807, 2.05) is 4.90 Å². The Kier molecular flexibility index (Phi) is 9.42. The van der Waals surface area contributed by atoms with Gasteiger partial charge >= 0.3 is 0 Å². The Balaban J connectivity index is 1.62. The average Bonchev–Trinajstić information content (AvgIpc) is 3.57. The summed E-state index contributed by atoms with van der Waals surface area (Å²) < 4.78 is 13.3. The third-order valence-electron chi connectivity index (χ3n) is 7.60. The van der Waals surface area contributed by atoms with Crippen LogP contribution in [0.15, 0.2) is 24.4 Å². The van der Waals surface area contributed by atoms with Crippen LogP contribution in [0.1, 0.15) is 68.0 Å². The fourth-order valence-corrected chi connectivity index (χ4v) is 5.54. The van der Waals surface area contributed by atoms with Crippen LogP contribution >= 0.6 is 0 Å². The molecule has 0 radical (unpaired) electrons. The molecule has 11 nitrogen and oxygen atoms in total. The Morgan fingerprint density at radius 2 is 1.97 bits per heavy atom. The first-order valence-corrected chi connectivity index (χ1v) is 13.9. The lowest BCUT2D eigenvalue weighted by Gasteiger charge is -2.23. The van der Waals surface area contributed by atoms with Crippen LogP contribution in [0.25, 0.3) is 0 Å². The Bertz CT molecular complexity index is 1160. The van der Waals surface area contributed by atoms with Crippen molar-refractivity contribution in [2.45, 2.75) is 58.6 Å². The average molecular weight is 541 g/mol. The molecule has 2 atom stereocenters. The summed E-state index contributed by atoms with van der Waals surface area (Å²) >= 11 is 0.